The van der Waals surface area contributed by atoms with E-state index in [9.17, 15) is 4.79 Å². The van der Waals surface area contributed by atoms with Gasteiger partial charge in [-0.05, 0) is 18.1 Å². The van der Waals surface area contributed by atoms with Crippen LogP contribution < -0.4 is 10.6 Å². The molecule has 1 aromatic carbocycles. The van der Waals surface area contributed by atoms with Gasteiger partial charge in [-0.15, -0.1) is 11.3 Å². The number of anilines is 1. The number of aromatic nitrogens is 2. The molecule has 7 heteroatoms. The van der Waals surface area contributed by atoms with E-state index < -0.39 is 0 Å². The Morgan fingerprint density at radius 1 is 1.18 bits per heavy atom. The number of nitrogens with two attached hydrogens (primary N) is 1. The minimum Gasteiger partial charge on any atom is -0.370 e. The second kappa shape index (κ2) is 8.24. The maximum Gasteiger partial charge on any atom is 0.219 e. The Morgan fingerprint density at radius 3 is 2.61 bits per heavy atom. The van der Waals surface area contributed by atoms with Gasteiger partial charge in [0.05, 0.1) is 5.39 Å². The van der Waals surface area contributed by atoms with Gasteiger partial charge in [-0.1, -0.05) is 37.3 Å². The zero-order valence-electron chi connectivity index (χ0n) is 16.0. The van der Waals surface area contributed by atoms with Crippen LogP contribution in [0.5, 0.6) is 0 Å². The first kappa shape index (κ1) is 18.8. The summed E-state index contributed by atoms with van der Waals surface area (Å²) in [7, 11) is 0. The molecule has 3 aromatic rings. The van der Waals surface area contributed by atoms with Crippen LogP contribution in [0.25, 0.3) is 10.2 Å². The normalized spacial score (nSPS) is 16.4. The van der Waals surface area contributed by atoms with Gasteiger partial charge in [-0.2, -0.15) is 0 Å². The molecular formula is C21H25N5OS. The number of thiophene rings is 1. The Bertz CT molecular complexity index is 950. The lowest BCUT2D eigenvalue weighted by Crippen LogP contribution is -2.48. The number of benzene rings is 1. The van der Waals surface area contributed by atoms with E-state index in [2.05, 4.69) is 44.9 Å². The number of fused-ring (bicyclic) bond motifs is 1. The van der Waals surface area contributed by atoms with Crippen molar-refractivity contribution in [1.29, 1.82) is 0 Å². The maximum atomic E-state index is 11.7. The lowest BCUT2D eigenvalue weighted by atomic mass is 10.0. The largest absolute Gasteiger partial charge is 0.370 e. The topological polar surface area (TPSA) is 75.3 Å². The first-order valence-corrected chi connectivity index (χ1v) is 10.5. The molecule has 0 spiro atoms. The Balaban J connectivity index is 1.52. The molecular weight excluding hydrogens is 370 g/mol. The second-order valence-corrected chi connectivity index (χ2v) is 8.22. The number of hydrogen-bond donors (Lipinski definition) is 1. The molecule has 1 aliphatic rings. The number of amides is 1. The van der Waals surface area contributed by atoms with Gasteiger partial charge in [0.1, 0.15) is 17.0 Å². The molecule has 146 valence electrons. The van der Waals surface area contributed by atoms with E-state index in [1.807, 2.05) is 18.2 Å². The Morgan fingerprint density at radius 2 is 1.93 bits per heavy atom. The van der Waals surface area contributed by atoms with Crippen molar-refractivity contribution in [3.63, 3.8) is 0 Å². The average molecular weight is 396 g/mol. The number of carbonyl (C=O) groups is 1. The molecule has 2 N–H and O–H groups in total. The van der Waals surface area contributed by atoms with Gasteiger partial charge < -0.3 is 10.6 Å². The Labute approximate surface area is 169 Å². The van der Waals surface area contributed by atoms with Crippen molar-refractivity contribution >= 4 is 33.3 Å². The first-order valence-electron chi connectivity index (χ1n) is 9.71. The van der Waals surface area contributed by atoms with Crippen molar-refractivity contribution in [2.75, 3.05) is 31.1 Å². The van der Waals surface area contributed by atoms with Crippen molar-refractivity contribution < 1.29 is 4.79 Å². The smallest absolute Gasteiger partial charge is 0.219 e. The summed E-state index contributed by atoms with van der Waals surface area (Å²) in [6.45, 7) is 5.63. The SMILES string of the molecule is CCc1cc2c(N3CCN(C(CC(N)=O)c4ccccc4)CC3)ncnc2s1. The molecule has 3 heterocycles. The number of hydrogen-bond acceptors (Lipinski definition) is 6. The number of piperazine rings is 1. The van der Waals surface area contributed by atoms with E-state index in [1.54, 1.807) is 17.7 Å². The molecule has 1 atom stereocenters. The molecule has 0 aliphatic carbocycles. The first-order chi connectivity index (χ1) is 13.7. The highest BCUT2D eigenvalue weighted by Gasteiger charge is 2.27. The van der Waals surface area contributed by atoms with Crippen LogP contribution in [-0.4, -0.2) is 47.0 Å². The van der Waals surface area contributed by atoms with E-state index in [0.717, 1.165) is 54.2 Å². The van der Waals surface area contributed by atoms with Crippen LogP contribution in [0.2, 0.25) is 0 Å². The molecule has 1 aliphatic heterocycles. The fraction of sp³-hybridized carbons (Fsp3) is 0.381. The molecule has 0 radical (unpaired) electrons. The summed E-state index contributed by atoms with van der Waals surface area (Å²) < 4.78 is 0. The summed E-state index contributed by atoms with van der Waals surface area (Å²) in [5, 5.41) is 1.15. The quantitative estimate of drug-likeness (QED) is 0.694. The van der Waals surface area contributed by atoms with Crippen LogP contribution in [0.15, 0.2) is 42.7 Å². The zero-order valence-corrected chi connectivity index (χ0v) is 16.9. The molecule has 4 rings (SSSR count). The van der Waals surface area contributed by atoms with E-state index in [1.165, 1.54) is 4.88 Å². The number of primary amides is 1. The minimum absolute atomic E-state index is 0.0270. The van der Waals surface area contributed by atoms with Gasteiger partial charge in [-0.25, -0.2) is 9.97 Å². The Kier molecular flexibility index (Phi) is 5.54. The van der Waals surface area contributed by atoms with E-state index in [-0.39, 0.29) is 11.9 Å². The highest BCUT2D eigenvalue weighted by Crippen LogP contribution is 2.32. The molecule has 0 bridgehead atoms. The number of carbonyl (C=O) groups excluding carboxylic acids is 1. The van der Waals surface area contributed by atoms with E-state index in [0.29, 0.717) is 6.42 Å². The van der Waals surface area contributed by atoms with E-state index >= 15 is 0 Å². The van der Waals surface area contributed by atoms with Crippen LogP contribution in [0.3, 0.4) is 0 Å². The van der Waals surface area contributed by atoms with Gasteiger partial charge in [0.2, 0.25) is 5.91 Å². The predicted octanol–water partition coefficient (Wildman–Crippen LogP) is 2.99. The number of nitrogens with zero attached hydrogens (tertiary/aromatic N) is 4. The van der Waals surface area contributed by atoms with Gasteiger partial charge in [-0.3, -0.25) is 9.69 Å². The molecule has 2 aromatic heterocycles. The fourth-order valence-corrected chi connectivity index (χ4v) is 4.82. The maximum absolute atomic E-state index is 11.7. The minimum atomic E-state index is -0.265. The van der Waals surface area contributed by atoms with Crippen molar-refractivity contribution in [3.05, 3.63) is 53.2 Å². The second-order valence-electron chi connectivity index (χ2n) is 7.10. The van der Waals surface area contributed by atoms with Gasteiger partial charge >= 0.3 is 0 Å². The molecule has 1 amide bonds. The van der Waals surface area contributed by atoms with Crippen molar-refractivity contribution in [2.24, 2.45) is 5.73 Å². The summed E-state index contributed by atoms with van der Waals surface area (Å²) in [6, 6.07) is 12.4. The van der Waals surface area contributed by atoms with E-state index in [4.69, 9.17) is 5.73 Å². The summed E-state index contributed by atoms with van der Waals surface area (Å²) >= 11 is 1.75. The summed E-state index contributed by atoms with van der Waals surface area (Å²) in [4.78, 5) is 27.8. The molecule has 1 saturated heterocycles. The van der Waals surface area contributed by atoms with Crippen LogP contribution >= 0.6 is 11.3 Å². The van der Waals surface area contributed by atoms with Crippen LogP contribution in [0.1, 0.15) is 29.8 Å². The Hall–Kier alpha value is -2.51. The van der Waals surface area contributed by atoms with Gasteiger partial charge in [0, 0.05) is 43.5 Å². The third-order valence-corrected chi connectivity index (χ3v) is 6.53. The monoisotopic (exact) mass is 395 g/mol. The zero-order chi connectivity index (χ0) is 19.5. The summed E-state index contributed by atoms with van der Waals surface area (Å²) in [5.74, 6) is 0.755. The molecule has 1 unspecified atom stereocenters. The lowest BCUT2D eigenvalue weighted by Gasteiger charge is -2.39. The molecule has 6 nitrogen and oxygen atoms in total. The number of rotatable bonds is 6. The lowest BCUT2D eigenvalue weighted by molar-refractivity contribution is -0.119. The highest BCUT2D eigenvalue weighted by molar-refractivity contribution is 7.18. The fourth-order valence-electron chi connectivity index (χ4n) is 3.89. The standard InChI is InChI=1S/C21H25N5OS/c1-2-16-12-17-20(23-14-24-21(17)28-16)26-10-8-25(9-11-26)18(13-19(22)27)15-6-4-3-5-7-15/h3-7,12,14,18H,2,8-11,13H2,1H3,(H2,22,27). The van der Waals surface area contributed by atoms with Crippen molar-refractivity contribution in [3.8, 4) is 0 Å². The molecule has 1 fully saturated rings. The van der Waals surface area contributed by atoms with Crippen LogP contribution in [0.4, 0.5) is 5.82 Å². The highest BCUT2D eigenvalue weighted by atomic mass is 32.1. The van der Waals surface area contributed by atoms with Gasteiger partial charge in [0.25, 0.3) is 0 Å². The van der Waals surface area contributed by atoms with Crippen LogP contribution in [0, 0.1) is 0 Å². The predicted molar refractivity (Wildman–Crippen MR) is 114 cm³/mol. The summed E-state index contributed by atoms with van der Waals surface area (Å²) in [5.41, 5.74) is 6.68. The van der Waals surface area contributed by atoms with Crippen molar-refractivity contribution in [2.45, 2.75) is 25.8 Å². The number of aryl methyl sites for hydroxylation is 1. The average Bonchev–Trinajstić information content (AvgIpc) is 3.16. The van der Waals surface area contributed by atoms with Crippen LogP contribution in [-0.2, 0) is 11.2 Å². The summed E-state index contributed by atoms with van der Waals surface area (Å²) in [6.07, 6.45) is 3.02. The molecule has 28 heavy (non-hydrogen) atoms. The molecule has 0 saturated carbocycles. The third kappa shape index (κ3) is 3.86. The third-order valence-electron chi connectivity index (χ3n) is 5.34. The van der Waals surface area contributed by atoms with Crippen molar-refractivity contribution in [1.82, 2.24) is 14.9 Å². The van der Waals surface area contributed by atoms with Gasteiger partial charge in [0.15, 0.2) is 0 Å².